The summed E-state index contributed by atoms with van der Waals surface area (Å²) >= 11 is 0. The van der Waals surface area contributed by atoms with Gasteiger partial charge >= 0.3 is 0 Å². The van der Waals surface area contributed by atoms with E-state index in [4.69, 9.17) is 4.43 Å². The van der Waals surface area contributed by atoms with Gasteiger partial charge in [-0.15, -0.1) is 0 Å². The Morgan fingerprint density at radius 1 is 0.824 bits per heavy atom. The van der Waals surface area contributed by atoms with Crippen molar-refractivity contribution >= 4 is 8.32 Å². The monoisotopic (exact) mass is 479 g/mol. The normalized spacial score (nSPS) is 20.6. The first-order chi connectivity index (χ1) is 16.3. The van der Waals surface area contributed by atoms with Crippen molar-refractivity contribution in [1.29, 1.82) is 0 Å². The van der Waals surface area contributed by atoms with Gasteiger partial charge in [0.15, 0.2) is 8.32 Å². The molecule has 3 rings (SSSR count). The van der Waals surface area contributed by atoms with E-state index in [1.54, 1.807) is 0 Å². The van der Waals surface area contributed by atoms with E-state index in [0.29, 0.717) is 22.2 Å². The Morgan fingerprint density at radius 3 is 1.71 bits per heavy atom. The van der Waals surface area contributed by atoms with E-state index in [2.05, 4.69) is 114 Å². The van der Waals surface area contributed by atoms with Gasteiger partial charge in [-0.2, -0.15) is 0 Å². The molecule has 2 nitrogen and oxygen atoms in total. The lowest BCUT2D eigenvalue weighted by Gasteiger charge is -2.42. The lowest BCUT2D eigenvalue weighted by Crippen LogP contribution is -2.48. The predicted molar refractivity (Wildman–Crippen MR) is 149 cm³/mol. The van der Waals surface area contributed by atoms with E-state index < -0.39 is 8.32 Å². The number of hydrogen-bond acceptors (Lipinski definition) is 2. The first-order valence-corrected chi connectivity index (χ1v) is 15.9. The van der Waals surface area contributed by atoms with Gasteiger partial charge in [0, 0.05) is 25.2 Å². The molecule has 0 amide bonds. The van der Waals surface area contributed by atoms with Crippen LogP contribution >= 0.6 is 0 Å². The van der Waals surface area contributed by atoms with Crippen molar-refractivity contribution in [3.8, 4) is 0 Å². The minimum absolute atomic E-state index is 0.307. The van der Waals surface area contributed by atoms with Gasteiger partial charge in [-0.1, -0.05) is 116 Å². The molecule has 2 atom stereocenters. The smallest absolute Gasteiger partial charge is 0.200 e. The molecule has 1 aliphatic rings. The molecule has 2 aromatic carbocycles. The standard InChI is InChI=1S/C31H49NOSi/c1-8-20-31(22-30(31)19-21-33-34(25(2)3,26(4)5)27(6)7)32(23-28-15-11-9-12-16-28)24-29-17-13-10-14-18-29/h9-18,25-27,30H,8,19-24H2,1-7H3. The largest absolute Gasteiger partial charge is 0.416 e. The summed E-state index contributed by atoms with van der Waals surface area (Å²) in [7, 11) is -1.79. The zero-order valence-corrected chi connectivity index (χ0v) is 23.9. The van der Waals surface area contributed by atoms with Gasteiger partial charge < -0.3 is 4.43 Å². The number of benzene rings is 2. The van der Waals surface area contributed by atoms with Crippen molar-refractivity contribution in [2.75, 3.05) is 6.61 Å². The van der Waals surface area contributed by atoms with E-state index >= 15 is 0 Å². The molecule has 34 heavy (non-hydrogen) atoms. The maximum Gasteiger partial charge on any atom is 0.200 e. The maximum atomic E-state index is 6.97. The van der Waals surface area contributed by atoms with Gasteiger partial charge in [0.2, 0.25) is 0 Å². The molecule has 1 aliphatic carbocycles. The van der Waals surface area contributed by atoms with Crippen molar-refractivity contribution in [3.05, 3.63) is 71.8 Å². The molecular formula is C31H49NOSi. The van der Waals surface area contributed by atoms with E-state index in [1.165, 1.54) is 36.8 Å². The Labute approximate surface area is 211 Å². The van der Waals surface area contributed by atoms with E-state index in [1.807, 2.05) is 0 Å². The SMILES string of the molecule is CCCC1(N(Cc2ccccc2)Cc2ccccc2)CC1CCO[Si](C(C)C)(C(C)C)C(C)C. The third-order valence-corrected chi connectivity index (χ3v) is 14.6. The van der Waals surface area contributed by atoms with Crippen molar-refractivity contribution in [2.24, 2.45) is 5.92 Å². The Bertz CT molecular complexity index is 787. The fourth-order valence-electron chi connectivity index (χ4n) is 6.88. The van der Waals surface area contributed by atoms with Crippen LogP contribution in [-0.4, -0.2) is 25.4 Å². The van der Waals surface area contributed by atoms with E-state index in [9.17, 15) is 0 Å². The highest BCUT2D eigenvalue weighted by atomic mass is 28.4. The molecule has 2 aromatic rings. The summed E-state index contributed by atoms with van der Waals surface area (Å²) in [4.78, 5) is 2.80. The summed E-state index contributed by atoms with van der Waals surface area (Å²) in [6, 6.07) is 22.1. The van der Waals surface area contributed by atoms with E-state index in [0.717, 1.165) is 25.6 Å². The fourth-order valence-corrected chi connectivity index (χ4v) is 12.4. The van der Waals surface area contributed by atoms with Gasteiger partial charge in [0.05, 0.1) is 0 Å². The minimum atomic E-state index is -1.79. The van der Waals surface area contributed by atoms with Gasteiger partial charge in [-0.3, -0.25) is 4.90 Å². The third-order valence-electron chi connectivity index (χ3n) is 8.47. The minimum Gasteiger partial charge on any atom is -0.416 e. The zero-order valence-electron chi connectivity index (χ0n) is 22.9. The number of rotatable bonds is 14. The Morgan fingerprint density at radius 2 is 1.29 bits per heavy atom. The summed E-state index contributed by atoms with van der Waals surface area (Å²) in [6.07, 6.45) is 5.02. The first-order valence-electron chi connectivity index (χ1n) is 13.7. The number of hydrogen-bond donors (Lipinski definition) is 0. The molecule has 0 heterocycles. The van der Waals surface area contributed by atoms with Crippen LogP contribution in [0.25, 0.3) is 0 Å². The first kappa shape index (κ1) is 27.2. The van der Waals surface area contributed by atoms with Crippen LogP contribution in [-0.2, 0) is 17.5 Å². The van der Waals surface area contributed by atoms with Crippen LogP contribution in [0, 0.1) is 5.92 Å². The summed E-state index contributed by atoms with van der Waals surface area (Å²) in [6.45, 7) is 19.7. The molecule has 0 aliphatic heterocycles. The van der Waals surface area contributed by atoms with Crippen LogP contribution in [0.4, 0.5) is 0 Å². The van der Waals surface area contributed by atoms with Gasteiger partial charge in [-0.05, 0) is 52.9 Å². The molecule has 0 N–H and O–H groups in total. The van der Waals surface area contributed by atoms with Gasteiger partial charge in [-0.25, -0.2) is 0 Å². The quantitative estimate of drug-likeness (QED) is 0.251. The molecule has 0 radical (unpaired) electrons. The predicted octanol–water partition coefficient (Wildman–Crippen LogP) is 8.83. The van der Waals surface area contributed by atoms with Crippen LogP contribution in [0.15, 0.2) is 60.7 Å². The maximum absolute atomic E-state index is 6.97. The third kappa shape index (κ3) is 6.03. The molecule has 2 unspecified atom stereocenters. The van der Waals surface area contributed by atoms with Crippen LogP contribution < -0.4 is 0 Å². The second-order valence-electron chi connectivity index (χ2n) is 11.5. The van der Waals surface area contributed by atoms with E-state index in [-0.39, 0.29) is 0 Å². The zero-order chi connectivity index (χ0) is 24.8. The second-order valence-corrected chi connectivity index (χ2v) is 17.0. The Kier molecular flexibility index (Phi) is 9.60. The average molecular weight is 480 g/mol. The highest BCUT2D eigenvalue weighted by Gasteiger charge is 2.56. The van der Waals surface area contributed by atoms with Crippen LogP contribution in [0.1, 0.15) is 85.3 Å². The molecule has 0 bridgehead atoms. The lowest BCUT2D eigenvalue weighted by atomic mass is 10.0. The Balaban J connectivity index is 1.76. The van der Waals surface area contributed by atoms with Gasteiger partial charge in [0.25, 0.3) is 0 Å². The summed E-state index contributed by atoms with van der Waals surface area (Å²) < 4.78 is 6.97. The Hall–Kier alpha value is -1.42. The molecule has 188 valence electrons. The van der Waals surface area contributed by atoms with Gasteiger partial charge in [0.1, 0.15) is 0 Å². The lowest BCUT2D eigenvalue weighted by molar-refractivity contribution is 0.126. The van der Waals surface area contributed by atoms with Crippen LogP contribution in [0.5, 0.6) is 0 Å². The van der Waals surface area contributed by atoms with Crippen LogP contribution in [0.2, 0.25) is 16.6 Å². The number of nitrogens with zero attached hydrogens (tertiary/aromatic N) is 1. The summed E-state index contributed by atoms with van der Waals surface area (Å²) in [5, 5.41) is 0. The van der Waals surface area contributed by atoms with Crippen molar-refractivity contribution in [1.82, 2.24) is 4.90 Å². The van der Waals surface area contributed by atoms with Crippen molar-refractivity contribution in [2.45, 2.75) is 109 Å². The molecular weight excluding hydrogens is 430 g/mol. The van der Waals surface area contributed by atoms with Crippen LogP contribution in [0.3, 0.4) is 0 Å². The van der Waals surface area contributed by atoms with Crippen molar-refractivity contribution in [3.63, 3.8) is 0 Å². The molecule has 1 saturated carbocycles. The average Bonchev–Trinajstić information content (AvgIpc) is 3.50. The summed E-state index contributed by atoms with van der Waals surface area (Å²) in [5.41, 5.74) is 5.10. The van der Waals surface area contributed by atoms with Crippen molar-refractivity contribution < 1.29 is 4.43 Å². The molecule has 0 aromatic heterocycles. The second kappa shape index (κ2) is 12.0. The highest BCUT2D eigenvalue weighted by molar-refractivity contribution is 6.77. The summed E-state index contributed by atoms with van der Waals surface area (Å²) in [5.74, 6) is 0.734. The molecule has 0 spiro atoms. The topological polar surface area (TPSA) is 12.5 Å². The molecule has 3 heteroatoms. The fraction of sp³-hybridized carbons (Fsp3) is 0.613. The molecule has 0 saturated heterocycles. The highest BCUT2D eigenvalue weighted by Crippen LogP contribution is 2.55. The molecule has 1 fully saturated rings.